The van der Waals surface area contributed by atoms with Gasteiger partial charge in [-0.1, -0.05) is 96.9 Å². The molecule has 1 aliphatic rings. The van der Waals surface area contributed by atoms with Gasteiger partial charge in [-0.3, -0.25) is 9.36 Å². The number of halogens is 7. The molecule has 5 aromatic rings. The van der Waals surface area contributed by atoms with Crippen LogP contribution in [0.1, 0.15) is 36.8 Å². The number of thioether (sulfide) groups is 1. The first-order chi connectivity index (χ1) is 23.9. The zero-order valence-electron chi connectivity index (χ0n) is 26.2. The molecule has 0 radical (unpaired) electrons. The quantitative estimate of drug-likeness (QED) is 0.0787. The summed E-state index contributed by atoms with van der Waals surface area (Å²) < 4.78 is 83.4. The Balaban J connectivity index is 1.18. The monoisotopic (exact) mass is 730 g/mol. The van der Waals surface area contributed by atoms with Gasteiger partial charge < -0.3 is 10.1 Å². The molecule has 1 aromatic heterocycles. The number of hydrogen-bond donors (Lipinski definition) is 1. The Labute approximate surface area is 292 Å². The van der Waals surface area contributed by atoms with Crippen LogP contribution in [-0.4, -0.2) is 45.5 Å². The Bertz CT molecular complexity index is 1940. The van der Waals surface area contributed by atoms with Gasteiger partial charge in [0.2, 0.25) is 5.91 Å². The molecule has 6 nitrogen and oxygen atoms in total. The van der Waals surface area contributed by atoms with Gasteiger partial charge in [-0.25, -0.2) is 0 Å². The van der Waals surface area contributed by atoms with E-state index in [-0.39, 0.29) is 5.75 Å². The summed E-state index contributed by atoms with van der Waals surface area (Å²) in [5, 5.41) is 11.8. The first-order valence-corrected chi connectivity index (χ1v) is 17.0. The van der Waals surface area contributed by atoms with Crippen LogP contribution in [0.2, 0.25) is 5.02 Å². The zero-order valence-corrected chi connectivity index (χ0v) is 27.8. The van der Waals surface area contributed by atoms with Crippen molar-refractivity contribution in [2.75, 3.05) is 12.3 Å². The highest BCUT2D eigenvalue weighted by Crippen LogP contribution is 2.51. The van der Waals surface area contributed by atoms with Crippen LogP contribution < -0.4 is 10.1 Å². The molecule has 260 valence electrons. The molecular weight excluding hydrogens is 702 g/mol. The molecule has 14 heteroatoms. The number of carbonyl (C=O) groups excluding carboxylic acids is 1. The van der Waals surface area contributed by atoms with Crippen molar-refractivity contribution >= 4 is 29.3 Å². The summed E-state index contributed by atoms with van der Waals surface area (Å²) in [5.41, 5.74) is 2.84. The van der Waals surface area contributed by atoms with Crippen LogP contribution >= 0.6 is 23.4 Å². The van der Waals surface area contributed by atoms with Crippen molar-refractivity contribution in [1.82, 2.24) is 20.1 Å². The number of nitrogens with zero attached hydrogens (tertiary/aromatic N) is 3. The van der Waals surface area contributed by atoms with E-state index >= 15 is 0 Å². The molecule has 1 amide bonds. The van der Waals surface area contributed by atoms with E-state index < -0.39 is 30.4 Å². The van der Waals surface area contributed by atoms with E-state index in [4.69, 9.17) is 11.6 Å². The third kappa shape index (κ3) is 7.48. The second-order valence-electron chi connectivity index (χ2n) is 11.6. The van der Waals surface area contributed by atoms with Gasteiger partial charge in [0.15, 0.2) is 11.0 Å². The molecule has 6 rings (SSSR count). The van der Waals surface area contributed by atoms with Gasteiger partial charge in [0.25, 0.3) is 0 Å². The average molecular weight is 731 g/mol. The van der Waals surface area contributed by atoms with E-state index in [2.05, 4.69) is 20.3 Å². The highest BCUT2D eigenvalue weighted by Gasteiger charge is 2.49. The molecule has 1 heterocycles. The van der Waals surface area contributed by atoms with Crippen molar-refractivity contribution in [3.63, 3.8) is 0 Å². The fourth-order valence-corrected chi connectivity index (χ4v) is 7.49. The number of para-hydroxylation sites is 1. The molecule has 50 heavy (non-hydrogen) atoms. The van der Waals surface area contributed by atoms with Crippen molar-refractivity contribution < 1.29 is 35.9 Å². The lowest BCUT2D eigenvalue weighted by atomic mass is 9.73. The Morgan fingerprint density at radius 2 is 1.42 bits per heavy atom. The first-order valence-electron chi connectivity index (χ1n) is 15.6. The number of fused-ring (bicyclic) bond motifs is 3. The predicted molar refractivity (Wildman–Crippen MR) is 179 cm³/mol. The number of ether oxygens (including phenoxy) is 1. The fourth-order valence-electron chi connectivity index (χ4n) is 6.32. The highest BCUT2D eigenvalue weighted by molar-refractivity contribution is 7.99. The number of hydrogen-bond acceptors (Lipinski definition) is 5. The lowest BCUT2D eigenvalue weighted by Gasteiger charge is -2.31. The topological polar surface area (TPSA) is 69.0 Å². The lowest BCUT2D eigenvalue weighted by molar-refractivity contribution is -0.274. The Morgan fingerprint density at radius 3 is 2.04 bits per heavy atom. The van der Waals surface area contributed by atoms with Crippen LogP contribution in [0, 0.1) is 0 Å². The minimum Gasteiger partial charge on any atom is -0.406 e. The third-order valence-corrected chi connectivity index (χ3v) is 9.74. The number of nitrogens with one attached hydrogen (secondary N) is 1. The summed E-state index contributed by atoms with van der Waals surface area (Å²) >= 11 is 7.95. The van der Waals surface area contributed by atoms with Crippen molar-refractivity contribution in [3.05, 3.63) is 113 Å². The predicted octanol–water partition coefficient (Wildman–Crippen LogP) is 9.78. The number of alkyl halides is 6. The number of amides is 1. The summed E-state index contributed by atoms with van der Waals surface area (Å²) in [7, 11) is 0. The number of carbonyl (C=O) groups is 1. The van der Waals surface area contributed by atoms with Gasteiger partial charge in [-0.15, -0.1) is 23.4 Å². The molecule has 4 aromatic carbocycles. The van der Waals surface area contributed by atoms with Crippen LogP contribution in [0.3, 0.4) is 0 Å². The fraction of sp³-hybridized carbons (Fsp3) is 0.250. The molecule has 0 saturated carbocycles. The van der Waals surface area contributed by atoms with Crippen LogP contribution in [0.5, 0.6) is 5.75 Å². The van der Waals surface area contributed by atoms with Crippen LogP contribution in [-0.2, 0) is 10.2 Å². The van der Waals surface area contributed by atoms with Crippen LogP contribution in [0.25, 0.3) is 28.2 Å². The molecule has 0 atom stereocenters. The largest absolute Gasteiger partial charge is 0.573 e. The first kappa shape index (κ1) is 35.3. The Hall–Kier alpha value is -4.49. The third-order valence-electron chi connectivity index (χ3n) is 8.40. The smallest absolute Gasteiger partial charge is 0.406 e. The van der Waals surface area contributed by atoms with E-state index in [0.29, 0.717) is 69.8 Å². The summed E-state index contributed by atoms with van der Waals surface area (Å²) in [4.78, 5) is 13.7. The molecule has 1 aliphatic carbocycles. The van der Waals surface area contributed by atoms with E-state index in [1.54, 1.807) is 41.0 Å². The summed E-state index contributed by atoms with van der Waals surface area (Å²) in [6.07, 6.45) is -7.17. The summed E-state index contributed by atoms with van der Waals surface area (Å²) in [6, 6.07) is 27.0. The molecular formula is C36H29ClF6N4O2S. The van der Waals surface area contributed by atoms with Crippen molar-refractivity contribution in [2.45, 2.75) is 48.8 Å². The van der Waals surface area contributed by atoms with E-state index in [1.165, 1.54) is 36.0 Å². The molecule has 0 unspecified atom stereocenters. The maximum absolute atomic E-state index is 13.7. The van der Waals surface area contributed by atoms with E-state index in [0.717, 1.165) is 11.1 Å². The second-order valence-corrected chi connectivity index (χ2v) is 13.1. The normalized spacial score (nSPS) is 13.5. The maximum Gasteiger partial charge on any atom is 0.573 e. The number of rotatable bonds is 12. The van der Waals surface area contributed by atoms with Gasteiger partial charge in [0.1, 0.15) is 17.7 Å². The molecule has 0 saturated heterocycles. The molecule has 0 fully saturated rings. The average Bonchev–Trinajstić information content (AvgIpc) is 3.62. The summed E-state index contributed by atoms with van der Waals surface area (Å²) in [6.45, 7) is -1.42. The molecule has 0 bridgehead atoms. The molecule has 0 aliphatic heterocycles. The van der Waals surface area contributed by atoms with Gasteiger partial charge in [0, 0.05) is 11.3 Å². The zero-order chi connectivity index (χ0) is 35.5. The standard InChI is InChI=1S/C36H29ClF6N4O2S/c37-29-14-6-7-15-30(29)47-31(23-16-18-24(19-17-23)49-36(41,42)43)45-46-33(47)50-21-9-1-8-20-34(32(48)44-22-35(38,39)40)27-12-4-2-10-25(27)26-11-3-5-13-28(26)34/h2-7,10-19H,1,8-9,20-22H2,(H,44,48). The Morgan fingerprint density at radius 1 is 0.800 bits per heavy atom. The molecule has 1 N–H and O–H groups in total. The van der Waals surface area contributed by atoms with Gasteiger partial charge in [-0.2, -0.15) is 13.2 Å². The summed E-state index contributed by atoms with van der Waals surface area (Å²) in [5.74, 6) is -0.102. The molecule has 0 spiro atoms. The number of aromatic nitrogens is 3. The van der Waals surface area contributed by atoms with Gasteiger partial charge >= 0.3 is 12.5 Å². The SMILES string of the molecule is O=C(NCC(F)(F)F)C1(CCCCCSc2nnc(-c3ccc(OC(F)(F)F)cc3)n2-c2ccccc2Cl)c2ccccc2-c2ccccc21. The van der Waals surface area contributed by atoms with Crippen LogP contribution in [0.4, 0.5) is 26.3 Å². The minimum atomic E-state index is -4.82. The number of unbranched alkanes of at least 4 members (excludes halogenated alkanes) is 2. The Kier molecular flexibility index (Phi) is 10.2. The van der Waals surface area contributed by atoms with Crippen molar-refractivity contribution in [1.29, 1.82) is 0 Å². The second kappa shape index (κ2) is 14.4. The van der Waals surface area contributed by atoms with Crippen LogP contribution in [0.15, 0.2) is 102 Å². The number of benzene rings is 4. The minimum absolute atomic E-state index is 0.309. The maximum atomic E-state index is 13.7. The van der Waals surface area contributed by atoms with E-state index in [1.807, 2.05) is 36.4 Å². The van der Waals surface area contributed by atoms with Gasteiger partial charge in [-0.05, 0) is 71.5 Å². The van der Waals surface area contributed by atoms with Crippen molar-refractivity contribution in [3.8, 4) is 34.0 Å². The highest BCUT2D eigenvalue weighted by atomic mass is 35.5. The van der Waals surface area contributed by atoms with Crippen molar-refractivity contribution in [2.24, 2.45) is 0 Å². The van der Waals surface area contributed by atoms with Gasteiger partial charge in [0.05, 0.1) is 10.7 Å². The lowest BCUT2D eigenvalue weighted by Crippen LogP contribution is -2.47. The van der Waals surface area contributed by atoms with E-state index in [9.17, 15) is 31.1 Å².